The van der Waals surface area contributed by atoms with Gasteiger partial charge in [-0.2, -0.15) is 0 Å². The molecule has 10 rings (SSSR count). The maximum absolute atomic E-state index is 2.37. The van der Waals surface area contributed by atoms with Gasteiger partial charge >= 0.3 is 0 Å². The van der Waals surface area contributed by atoms with E-state index < -0.39 is 0 Å². The quantitative estimate of drug-likeness (QED) is 0.134. The molecule has 0 aliphatic heterocycles. The summed E-state index contributed by atoms with van der Waals surface area (Å²) < 4.78 is 0. The van der Waals surface area contributed by atoms with Crippen LogP contribution in [0.1, 0.15) is 0 Å². The van der Waals surface area contributed by atoms with Crippen molar-refractivity contribution in [2.24, 2.45) is 0 Å². The molecule has 10 aromatic rings. The van der Waals surface area contributed by atoms with Crippen molar-refractivity contribution in [2.45, 2.75) is 0 Å². The van der Waals surface area contributed by atoms with Gasteiger partial charge < -0.3 is 4.90 Å². The molecule has 0 amide bonds. The maximum Gasteiger partial charge on any atom is 0.0467 e. The molecule has 288 valence electrons. The van der Waals surface area contributed by atoms with E-state index in [0.717, 1.165) is 22.6 Å². The first-order valence-corrected chi connectivity index (χ1v) is 20.9. The summed E-state index contributed by atoms with van der Waals surface area (Å²) in [6.07, 6.45) is 0. The first-order chi connectivity index (χ1) is 30.3. The molecule has 0 aromatic heterocycles. The van der Waals surface area contributed by atoms with E-state index in [9.17, 15) is 0 Å². The number of hydrogen-bond donors (Lipinski definition) is 0. The molecule has 0 saturated heterocycles. The lowest BCUT2D eigenvalue weighted by molar-refractivity contribution is 1.28. The second-order valence-electron chi connectivity index (χ2n) is 15.3. The molecular formula is C60H43N. The van der Waals surface area contributed by atoms with E-state index in [-0.39, 0.29) is 0 Å². The van der Waals surface area contributed by atoms with Crippen LogP contribution in [0, 0.1) is 0 Å². The summed E-state index contributed by atoms with van der Waals surface area (Å²) in [7, 11) is 0. The van der Waals surface area contributed by atoms with E-state index in [1.165, 1.54) is 72.3 Å². The first kappa shape index (κ1) is 37.3. The Morgan fingerprint density at radius 2 is 0.541 bits per heavy atom. The van der Waals surface area contributed by atoms with Crippen LogP contribution in [-0.4, -0.2) is 0 Å². The molecule has 1 nitrogen and oxygen atoms in total. The number of nitrogens with zero attached hydrogens (tertiary/aromatic N) is 1. The standard InChI is InChI=1S/C60H43N/c1-7-20-44(21-8-1)50-36-39-56(46-24-11-3-12-25-46)57(41-50)49-34-37-54(38-35-49)61(53-31-17-6-18-32-53)55-33-19-30-51(40-55)60-58(47-26-13-4-14-27-47)42-52(45-22-9-2-10-23-45)43-59(60)48-28-15-5-16-29-48/h1-43H. The highest BCUT2D eigenvalue weighted by molar-refractivity contribution is 5.99. The molecule has 61 heavy (non-hydrogen) atoms. The summed E-state index contributed by atoms with van der Waals surface area (Å²) in [5, 5.41) is 0. The minimum absolute atomic E-state index is 1.08. The summed E-state index contributed by atoms with van der Waals surface area (Å²) in [6.45, 7) is 0. The monoisotopic (exact) mass is 777 g/mol. The van der Waals surface area contributed by atoms with E-state index in [1.807, 2.05) is 0 Å². The molecule has 0 aliphatic rings. The van der Waals surface area contributed by atoms with Crippen LogP contribution in [0.5, 0.6) is 0 Å². The molecule has 0 heterocycles. The normalized spacial score (nSPS) is 11.0. The lowest BCUT2D eigenvalue weighted by Gasteiger charge is -2.27. The van der Waals surface area contributed by atoms with Gasteiger partial charge in [0.2, 0.25) is 0 Å². The van der Waals surface area contributed by atoms with E-state index >= 15 is 0 Å². The molecule has 1 heteroatoms. The third kappa shape index (κ3) is 7.81. The first-order valence-electron chi connectivity index (χ1n) is 20.9. The van der Waals surface area contributed by atoms with Crippen LogP contribution in [0.25, 0.3) is 77.9 Å². The van der Waals surface area contributed by atoms with Gasteiger partial charge in [-0.05, 0) is 132 Å². The van der Waals surface area contributed by atoms with Crippen LogP contribution >= 0.6 is 0 Å². The van der Waals surface area contributed by atoms with Crippen molar-refractivity contribution in [3.05, 3.63) is 261 Å². The minimum Gasteiger partial charge on any atom is -0.310 e. The van der Waals surface area contributed by atoms with Crippen LogP contribution in [0.3, 0.4) is 0 Å². The number of para-hydroxylation sites is 1. The second kappa shape index (κ2) is 17.1. The Morgan fingerprint density at radius 1 is 0.180 bits per heavy atom. The van der Waals surface area contributed by atoms with Crippen molar-refractivity contribution in [2.75, 3.05) is 4.90 Å². The van der Waals surface area contributed by atoms with Gasteiger partial charge in [-0.1, -0.05) is 206 Å². The second-order valence-corrected chi connectivity index (χ2v) is 15.3. The fraction of sp³-hybridized carbons (Fsp3) is 0. The van der Waals surface area contributed by atoms with Crippen LogP contribution in [0.15, 0.2) is 261 Å². The predicted octanol–water partition coefficient (Wildman–Crippen LogP) is 16.8. The Kier molecular flexibility index (Phi) is 10.4. The van der Waals surface area contributed by atoms with Crippen LogP contribution < -0.4 is 4.90 Å². The minimum atomic E-state index is 1.08. The number of rotatable bonds is 10. The van der Waals surface area contributed by atoms with Gasteiger partial charge in [0.25, 0.3) is 0 Å². The molecule has 0 spiro atoms. The van der Waals surface area contributed by atoms with Gasteiger partial charge in [0.05, 0.1) is 0 Å². The summed E-state index contributed by atoms with van der Waals surface area (Å²) in [5.41, 5.74) is 19.9. The van der Waals surface area contributed by atoms with Crippen LogP contribution in [0.2, 0.25) is 0 Å². The van der Waals surface area contributed by atoms with Gasteiger partial charge in [-0.25, -0.2) is 0 Å². The molecule has 0 atom stereocenters. The SMILES string of the molecule is c1ccc(-c2ccc(-c3ccccc3)c(-c3ccc(N(c4ccccc4)c4cccc(-c5c(-c6ccccc6)cc(-c6ccccc6)cc5-c5ccccc5)c4)cc3)c2)cc1. The fourth-order valence-corrected chi connectivity index (χ4v) is 8.52. The average molecular weight is 778 g/mol. The topological polar surface area (TPSA) is 3.24 Å². The third-order valence-electron chi connectivity index (χ3n) is 11.5. The molecule has 0 saturated carbocycles. The van der Waals surface area contributed by atoms with Gasteiger partial charge in [0.15, 0.2) is 0 Å². The van der Waals surface area contributed by atoms with E-state index in [2.05, 4.69) is 266 Å². The molecular weight excluding hydrogens is 735 g/mol. The van der Waals surface area contributed by atoms with Gasteiger partial charge in [-0.15, -0.1) is 0 Å². The van der Waals surface area contributed by atoms with Crippen molar-refractivity contribution < 1.29 is 0 Å². The van der Waals surface area contributed by atoms with E-state index in [4.69, 9.17) is 0 Å². The third-order valence-corrected chi connectivity index (χ3v) is 11.5. The maximum atomic E-state index is 2.37. The zero-order valence-corrected chi connectivity index (χ0v) is 33.8. The highest BCUT2D eigenvalue weighted by Gasteiger charge is 2.20. The molecule has 10 aromatic carbocycles. The largest absolute Gasteiger partial charge is 0.310 e. The Morgan fingerprint density at radius 3 is 1.07 bits per heavy atom. The predicted molar refractivity (Wildman–Crippen MR) is 259 cm³/mol. The van der Waals surface area contributed by atoms with Crippen molar-refractivity contribution in [3.8, 4) is 77.9 Å². The Labute approximate surface area is 359 Å². The van der Waals surface area contributed by atoms with Crippen molar-refractivity contribution in [1.82, 2.24) is 0 Å². The molecule has 0 fully saturated rings. The van der Waals surface area contributed by atoms with Crippen molar-refractivity contribution in [1.29, 1.82) is 0 Å². The Balaban J connectivity index is 1.12. The molecule has 0 N–H and O–H groups in total. The molecule has 0 unspecified atom stereocenters. The highest BCUT2D eigenvalue weighted by Crippen LogP contribution is 2.46. The average Bonchev–Trinajstić information content (AvgIpc) is 3.35. The molecule has 0 aliphatic carbocycles. The zero-order chi connectivity index (χ0) is 40.8. The van der Waals surface area contributed by atoms with Gasteiger partial charge in [-0.3, -0.25) is 0 Å². The number of anilines is 3. The smallest absolute Gasteiger partial charge is 0.0467 e. The van der Waals surface area contributed by atoms with Crippen molar-refractivity contribution >= 4 is 17.1 Å². The molecule has 0 radical (unpaired) electrons. The summed E-state index contributed by atoms with van der Waals surface area (Å²) in [5.74, 6) is 0. The zero-order valence-electron chi connectivity index (χ0n) is 33.8. The summed E-state index contributed by atoms with van der Waals surface area (Å²) in [4.78, 5) is 2.37. The number of hydrogen-bond acceptors (Lipinski definition) is 1. The Hall–Kier alpha value is -8.00. The lowest BCUT2D eigenvalue weighted by Crippen LogP contribution is -2.10. The lowest BCUT2D eigenvalue weighted by atomic mass is 9.84. The van der Waals surface area contributed by atoms with E-state index in [0.29, 0.717) is 0 Å². The Bertz CT molecular complexity index is 2960. The van der Waals surface area contributed by atoms with Crippen LogP contribution in [0.4, 0.5) is 17.1 Å². The summed E-state index contributed by atoms with van der Waals surface area (Å²) in [6, 6.07) is 94.0. The summed E-state index contributed by atoms with van der Waals surface area (Å²) >= 11 is 0. The highest BCUT2D eigenvalue weighted by atomic mass is 15.1. The number of benzene rings is 10. The van der Waals surface area contributed by atoms with Crippen LogP contribution in [-0.2, 0) is 0 Å². The van der Waals surface area contributed by atoms with Crippen molar-refractivity contribution in [3.63, 3.8) is 0 Å². The van der Waals surface area contributed by atoms with E-state index in [1.54, 1.807) is 0 Å². The van der Waals surface area contributed by atoms with Gasteiger partial charge in [0.1, 0.15) is 0 Å². The fourth-order valence-electron chi connectivity index (χ4n) is 8.52. The van der Waals surface area contributed by atoms with Gasteiger partial charge in [0, 0.05) is 17.1 Å². The molecule has 0 bridgehead atoms.